The molecule has 0 aromatic heterocycles. The van der Waals surface area contributed by atoms with Crippen LogP contribution in [0.5, 0.6) is 5.75 Å². The fourth-order valence-corrected chi connectivity index (χ4v) is 6.25. The number of thioether (sulfide) groups is 1. The summed E-state index contributed by atoms with van der Waals surface area (Å²) < 4.78 is 32.5. The Kier molecular flexibility index (Phi) is 11.6. The summed E-state index contributed by atoms with van der Waals surface area (Å²) in [7, 11) is 0. The van der Waals surface area contributed by atoms with Gasteiger partial charge in [0.2, 0.25) is 11.8 Å². The maximum Gasteiger partial charge on any atom is 0.305 e. The maximum atomic E-state index is 13.6. The third-order valence-electron chi connectivity index (χ3n) is 7.64. The summed E-state index contributed by atoms with van der Waals surface area (Å²) in [5.74, 6) is -2.66. The summed E-state index contributed by atoms with van der Waals surface area (Å²) >= 11 is 1.26. The smallest absolute Gasteiger partial charge is 0.305 e. The molecule has 4 atom stereocenters. The van der Waals surface area contributed by atoms with E-state index in [1.807, 2.05) is 0 Å². The van der Waals surface area contributed by atoms with Crippen molar-refractivity contribution in [2.24, 2.45) is 5.41 Å². The van der Waals surface area contributed by atoms with Crippen LogP contribution in [0.2, 0.25) is 0 Å². The molecule has 1 saturated heterocycles. The molecule has 2 unspecified atom stereocenters. The van der Waals surface area contributed by atoms with E-state index in [9.17, 15) is 33.1 Å². The second-order valence-corrected chi connectivity index (χ2v) is 13.3. The van der Waals surface area contributed by atoms with Crippen molar-refractivity contribution >= 4 is 41.1 Å². The van der Waals surface area contributed by atoms with Gasteiger partial charge in [-0.1, -0.05) is 45.0 Å². The fourth-order valence-electron chi connectivity index (χ4n) is 4.95. The number of anilines is 1. The standard InChI is InChI=1S/C34H37F2N3O7S/c1-34(2,3)27(16-30(43)44)38-28(41)17-37-29(42)18-46-25-14-6-21(7-15-25)31-32(33(45)39(31)24-12-10-23(36)11-13-24)47-19-26(40)20-4-8-22(35)9-5-20/h4-15,26-27,31-32,40H,16-19H2,1-3H3,(H,37,42)(H,38,41)(H,43,44)/t26?,27?,31-,32-/m1/s1. The lowest BCUT2D eigenvalue weighted by molar-refractivity contribution is -0.138. The highest BCUT2D eigenvalue weighted by Gasteiger charge is 2.49. The molecule has 3 aromatic carbocycles. The van der Waals surface area contributed by atoms with Crippen molar-refractivity contribution in [3.63, 3.8) is 0 Å². The van der Waals surface area contributed by atoms with Crippen molar-refractivity contribution in [1.82, 2.24) is 10.6 Å². The topological polar surface area (TPSA) is 145 Å². The van der Waals surface area contributed by atoms with Gasteiger partial charge in [-0.05, 0) is 65.1 Å². The molecule has 4 N–H and O–H groups in total. The zero-order chi connectivity index (χ0) is 34.3. The zero-order valence-corrected chi connectivity index (χ0v) is 26.9. The second kappa shape index (κ2) is 15.4. The summed E-state index contributed by atoms with van der Waals surface area (Å²) in [4.78, 5) is 50.7. The van der Waals surface area contributed by atoms with Gasteiger partial charge in [-0.3, -0.25) is 19.2 Å². The second-order valence-electron chi connectivity index (χ2n) is 12.2. The van der Waals surface area contributed by atoms with Crippen LogP contribution in [-0.2, 0) is 19.2 Å². The van der Waals surface area contributed by atoms with Gasteiger partial charge >= 0.3 is 5.97 Å². The Morgan fingerprint density at radius 3 is 2.11 bits per heavy atom. The number of halogens is 2. The molecule has 0 aliphatic carbocycles. The maximum absolute atomic E-state index is 13.6. The highest BCUT2D eigenvalue weighted by molar-refractivity contribution is 8.00. The molecule has 0 bridgehead atoms. The molecule has 0 saturated carbocycles. The molecule has 1 aliphatic heterocycles. The lowest BCUT2D eigenvalue weighted by Crippen LogP contribution is -2.57. The summed E-state index contributed by atoms with van der Waals surface area (Å²) in [6.45, 7) is 4.69. The molecule has 250 valence electrons. The Hall–Kier alpha value is -4.49. The number of nitrogens with zero attached hydrogens (tertiary/aromatic N) is 1. The molecule has 3 amide bonds. The predicted octanol–water partition coefficient (Wildman–Crippen LogP) is 4.39. The van der Waals surface area contributed by atoms with E-state index in [0.29, 0.717) is 17.0 Å². The van der Waals surface area contributed by atoms with Crippen LogP contribution in [0.4, 0.5) is 14.5 Å². The van der Waals surface area contributed by atoms with Gasteiger partial charge in [0.25, 0.3) is 5.91 Å². The van der Waals surface area contributed by atoms with Crippen LogP contribution in [0.25, 0.3) is 0 Å². The van der Waals surface area contributed by atoms with E-state index in [2.05, 4.69) is 10.6 Å². The number of benzene rings is 3. The first-order chi connectivity index (χ1) is 22.2. The van der Waals surface area contributed by atoms with Crippen molar-refractivity contribution < 1.29 is 42.9 Å². The van der Waals surface area contributed by atoms with Gasteiger partial charge in [-0.15, -0.1) is 11.8 Å². The molecular weight excluding hydrogens is 632 g/mol. The van der Waals surface area contributed by atoms with Crippen LogP contribution >= 0.6 is 11.8 Å². The lowest BCUT2D eigenvalue weighted by Gasteiger charge is -2.47. The van der Waals surface area contributed by atoms with Gasteiger partial charge < -0.3 is 30.5 Å². The lowest BCUT2D eigenvalue weighted by atomic mass is 9.84. The van der Waals surface area contributed by atoms with E-state index in [1.54, 1.807) is 49.9 Å². The summed E-state index contributed by atoms with van der Waals surface area (Å²) in [6.07, 6.45) is -1.18. The Bertz CT molecular complexity index is 1560. The van der Waals surface area contributed by atoms with Crippen molar-refractivity contribution in [3.05, 3.63) is 95.6 Å². The number of carbonyl (C=O) groups is 4. The number of hydrogen-bond donors (Lipinski definition) is 4. The Labute approximate surface area is 275 Å². The normalized spacial score (nSPS) is 17.3. The average molecular weight is 670 g/mol. The largest absolute Gasteiger partial charge is 0.484 e. The average Bonchev–Trinajstić information content (AvgIpc) is 3.02. The number of rotatable bonds is 14. The minimum Gasteiger partial charge on any atom is -0.484 e. The summed E-state index contributed by atoms with van der Waals surface area (Å²) in [5.41, 5.74) is 1.28. The van der Waals surface area contributed by atoms with Crippen LogP contribution in [-0.4, -0.2) is 64.1 Å². The quantitative estimate of drug-likeness (QED) is 0.185. The first-order valence-electron chi connectivity index (χ1n) is 14.9. The van der Waals surface area contributed by atoms with Crippen molar-refractivity contribution in [2.75, 3.05) is 23.8 Å². The third kappa shape index (κ3) is 9.52. The van der Waals surface area contributed by atoms with Crippen LogP contribution in [0.3, 0.4) is 0 Å². The number of ether oxygens (including phenoxy) is 1. The van der Waals surface area contributed by atoms with E-state index >= 15 is 0 Å². The number of carbonyl (C=O) groups excluding carboxylic acids is 3. The molecule has 0 spiro atoms. The number of β-lactam (4-membered cyclic amide) rings is 1. The monoisotopic (exact) mass is 669 g/mol. The van der Waals surface area contributed by atoms with Gasteiger partial charge in [0.15, 0.2) is 6.61 Å². The minimum absolute atomic E-state index is 0.181. The molecular formula is C34H37F2N3O7S. The molecule has 10 nitrogen and oxygen atoms in total. The fraction of sp³-hybridized carbons (Fsp3) is 0.353. The Morgan fingerprint density at radius 1 is 0.936 bits per heavy atom. The number of nitrogens with one attached hydrogen (secondary N) is 2. The van der Waals surface area contributed by atoms with Crippen LogP contribution in [0, 0.1) is 17.0 Å². The molecule has 3 aromatic rings. The van der Waals surface area contributed by atoms with Crippen molar-refractivity contribution in [2.45, 2.75) is 50.6 Å². The van der Waals surface area contributed by atoms with Gasteiger partial charge in [0.05, 0.1) is 25.1 Å². The van der Waals surface area contributed by atoms with Crippen molar-refractivity contribution in [3.8, 4) is 5.75 Å². The number of aliphatic carboxylic acids is 1. The van der Waals surface area contributed by atoms with Crippen molar-refractivity contribution in [1.29, 1.82) is 0 Å². The third-order valence-corrected chi connectivity index (χ3v) is 8.96. The number of amides is 3. The SMILES string of the molecule is CC(C)(C)C(CC(=O)O)NC(=O)CNC(=O)COc1ccc([C@@H]2[C@@H](SCC(O)c3ccc(F)cc3)C(=O)N2c2ccc(F)cc2)cc1. The van der Waals surface area contributed by atoms with Crippen LogP contribution in [0.15, 0.2) is 72.8 Å². The zero-order valence-electron chi connectivity index (χ0n) is 26.1. The highest BCUT2D eigenvalue weighted by atomic mass is 32.2. The highest BCUT2D eigenvalue weighted by Crippen LogP contribution is 2.46. The summed E-state index contributed by atoms with van der Waals surface area (Å²) in [5, 5.41) is 24.3. The van der Waals surface area contributed by atoms with Gasteiger partial charge in [-0.25, -0.2) is 8.78 Å². The Balaban J connectivity index is 1.36. The van der Waals surface area contributed by atoms with Gasteiger partial charge in [-0.2, -0.15) is 0 Å². The van der Waals surface area contributed by atoms with E-state index in [-0.39, 0.29) is 31.2 Å². The molecule has 1 fully saturated rings. The van der Waals surface area contributed by atoms with E-state index in [0.717, 1.165) is 5.56 Å². The Morgan fingerprint density at radius 2 is 1.53 bits per heavy atom. The van der Waals surface area contributed by atoms with E-state index < -0.39 is 58.3 Å². The van der Waals surface area contributed by atoms with Gasteiger partial charge in [0.1, 0.15) is 22.6 Å². The number of carboxylic acids is 1. The molecule has 1 heterocycles. The van der Waals surface area contributed by atoms with Gasteiger partial charge in [0, 0.05) is 17.5 Å². The number of aliphatic hydroxyl groups is 1. The number of hydrogen-bond acceptors (Lipinski definition) is 7. The predicted molar refractivity (Wildman–Crippen MR) is 173 cm³/mol. The first kappa shape index (κ1) is 35.4. The van der Waals surface area contributed by atoms with Crippen LogP contribution < -0.4 is 20.3 Å². The molecule has 4 rings (SSSR count). The number of carboxylic acid groups (broad SMARTS) is 1. The van der Waals surface area contributed by atoms with Crippen LogP contribution in [0.1, 0.15) is 50.5 Å². The number of aliphatic hydroxyl groups excluding tert-OH is 1. The molecule has 13 heteroatoms. The summed E-state index contributed by atoms with van der Waals surface area (Å²) in [6, 6.07) is 16.7. The molecule has 1 aliphatic rings. The molecule has 47 heavy (non-hydrogen) atoms. The first-order valence-corrected chi connectivity index (χ1v) is 15.9. The molecule has 0 radical (unpaired) electrons. The van der Waals surface area contributed by atoms with E-state index in [1.165, 1.54) is 60.3 Å². The minimum atomic E-state index is -1.05. The van der Waals surface area contributed by atoms with E-state index in [4.69, 9.17) is 9.84 Å².